The molecule has 4 bridgehead atoms. The number of aliphatic hydroxyl groups is 1. The van der Waals surface area contributed by atoms with Gasteiger partial charge in [-0.1, -0.05) is 25.7 Å². The summed E-state index contributed by atoms with van der Waals surface area (Å²) < 4.78 is 88.2. The molecule has 0 aromatic carbocycles. The number of nitrogens with two attached hydrogens (primary N) is 1. The molecule has 14 heteroatoms. The zero-order valence-corrected chi connectivity index (χ0v) is 19.1. The number of hydrogen-bond donors (Lipinski definition) is 2. The maximum Gasteiger partial charge on any atom is 0.426 e. The number of nitrogens with zero attached hydrogens (tertiary/aromatic N) is 4. The lowest BCUT2D eigenvalue weighted by atomic mass is 9.92. The molecular formula is C22H25F6N5O3. The Morgan fingerprint density at radius 3 is 2.31 bits per heavy atom. The van der Waals surface area contributed by atoms with Crippen LogP contribution in [0.2, 0.25) is 0 Å². The molecular weight excluding hydrogens is 496 g/mol. The van der Waals surface area contributed by atoms with Gasteiger partial charge in [-0.2, -0.15) is 26.3 Å². The molecule has 1 aliphatic carbocycles. The van der Waals surface area contributed by atoms with Crippen molar-refractivity contribution < 1.29 is 40.7 Å². The average molecular weight is 521 g/mol. The first-order valence-electron chi connectivity index (χ1n) is 11.6. The number of amides is 1. The lowest BCUT2D eigenvalue weighted by Crippen LogP contribution is -2.43. The Morgan fingerprint density at radius 1 is 1.00 bits per heavy atom. The first-order chi connectivity index (χ1) is 16.8. The van der Waals surface area contributed by atoms with Gasteiger partial charge in [0.25, 0.3) is 17.7 Å². The van der Waals surface area contributed by atoms with E-state index in [9.17, 15) is 36.2 Å². The maximum absolute atomic E-state index is 13.9. The van der Waals surface area contributed by atoms with Gasteiger partial charge in [-0.05, 0) is 38.2 Å². The molecule has 3 heterocycles. The van der Waals surface area contributed by atoms with Gasteiger partial charge in [0.1, 0.15) is 5.69 Å². The minimum absolute atomic E-state index is 0.0328. The van der Waals surface area contributed by atoms with Crippen LogP contribution in [0.5, 0.6) is 0 Å². The Balaban J connectivity index is 1.88. The second-order valence-electron chi connectivity index (χ2n) is 9.19. The van der Waals surface area contributed by atoms with E-state index in [1.54, 1.807) is 0 Å². The number of anilines is 1. The van der Waals surface area contributed by atoms with Gasteiger partial charge >= 0.3 is 12.4 Å². The molecule has 0 radical (unpaired) electrons. The van der Waals surface area contributed by atoms with Crippen molar-refractivity contribution in [2.75, 3.05) is 12.3 Å². The molecule has 1 saturated carbocycles. The summed E-state index contributed by atoms with van der Waals surface area (Å²) >= 11 is 0. The van der Waals surface area contributed by atoms with Crippen LogP contribution >= 0.6 is 0 Å². The topological polar surface area (TPSA) is 118 Å². The van der Waals surface area contributed by atoms with E-state index in [2.05, 4.69) is 15.2 Å². The minimum Gasteiger partial charge on any atom is -0.416 e. The molecule has 8 nitrogen and oxygen atoms in total. The number of pyridine rings is 1. The van der Waals surface area contributed by atoms with Crippen molar-refractivity contribution in [3.8, 4) is 11.6 Å². The van der Waals surface area contributed by atoms with Gasteiger partial charge in [0.15, 0.2) is 5.69 Å². The van der Waals surface area contributed by atoms with Gasteiger partial charge in [-0.3, -0.25) is 4.79 Å². The minimum atomic E-state index is -5.16. The number of aromatic nitrogens is 3. The van der Waals surface area contributed by atoms with E-state index in [0.29, 0.717) is 18.9 Å². The third-order valence-electron chi connectivity index (χ3n) is 6.72. The fourth-order valence-electron chi connectivity index (χ4n) is 4.75. The molecule has 1 aliphatic heterocycles. The Kier molecular flexibility index (Phi) is 6.92. The molecule has 36 heavy (non-hydrogen) atoms. The molecule has 0 spiro atoms. The summed E-state index contributed by atoms with van der Waals surface area (Å²) in [7, 11) is 0. The molecule has 2 aliphatic rings. The number of rotatable bonds is 1. The van der Waals surface area contributed by atoms with Crippen molar-refractivity contribution in [2.24, 2.45) is 0 Å². The normalized spacial score (nSPS) is 23.0. The van der Waals surface area contributed by atoms with E-state index in [1.165, 1.54) is 4.90 Å². The number of carbonyl (C=O) groups is 1. The molecule has 0 unspecified atom stereocenters. The first-order valence-corrected chi connectivity index (χ1v) is 11.6. The molecule has 1 amide bonds. The summed E-state index contributed by atoms with van der Waals surface area (Å²) in [5.41, 5.74) is -1.23. The molecule has 3 N–H and O–H groups in total. The van der Waals surface area contributed by atoms with Crippen molar-refractivity contribution in [1.29, 1.82) is 0 Å². The second kappa shape index (κ2) is 9.52. The van der Waals surface area contributed by atoms with E-state index < -0.39 is 64.7 Å². The summed E-state index contributed by atoms with van der Waals surface area (Å²) in [6.07, 6.45) is -6.94. The van der Waals surface area contributed by atoms with Crippen LogP contribution in [-0.4, -0.2) is 49.9 Å². The lowest BCUT2D eigenvalue weighted by molar-refractivity contribution is -0.277. The number of nitrogen functional groups attached to an aromatic ring is 1. The highest BCUT2D eigenvalue weighted by Gasteiger charge is 2.58. The molecule has 1 fully saturated rings. The van der Waals surface area contributed by atoms with Crippen LogP contribution in [0.3, 0.4) is 0 Å². The van der Waals surface area contributed by atoms with Crippen LogP contribution in [0.4, 0.5) is 32.0 Å². The SMILES string of the molecule is Nc1cc(C(F)(F)F)c2nc1-c1nnc(o1)[C@@](O)(C(F)(F)F)CCCCCN(C1CCCCC1)C2=O. The average Bonchev–Trinajstić information content (AvgIpc) is 3.30. The number of fused-ring (bicyclic) bond motifs is 5. The van der Waals surface area contributed by atoms with Crippen LogP contribution < -0.4 is 5.73 Å². The van der Waals surface area contributed by atoms with E-state index >= 15 is 0 Å². The number of halogens is 6. The monoisotopic (exact) mass is 521 g/mol. The van der Waals surface area contributed by atoms with E-state index in [1.807, 2.05) is 0 Å². The van der Waals surface area contributed by atoms with Crippen LogP contribution in [-0.2, 0) is 11.8 Å². The molecule has 4 rings (SSSR count). The van der Waals surface area contributed by atoms with Gasteiger partial charge in [-0.25, -0.2) is 4.98 Å². The first kappa shape index (κ1) is 26.2. The third-order valence-corrected chi connectivity index (χ3v) is 6.72. The highest BCUT2D eigenvalue weighted by molar-refractivity contribution is 5.95. The molecule has 1 atom stereocenters. The quantitative estimate of drug-likeness (QED) is 0.516. The summed E-state index contributed by atoms with van der Waals surface area (Å²) in [4.78, 5) is 18.7. The van der Waals surface area contributed by atoms with E-state index in [0.717, 1.165) is 19.3 Å². The molecule has 198 valence electrons. The van der Waals surface area contributed by atoms with E-state index in [4.69, 9.17) is 10.2 Å². The number of carbonyl (C=O) groups excluding carboxylic acids is 1. The molecule has 2 aromatic rings. The summed E-state index contributed by atoms with van der Waals surface area (Å²) in [6, 6.07) is 0.158. The van der Waals surface area contributed by atoms with Gasteiger partial charge in [0.05, 0.1) is 11.3 Å². The van der Waals surface area contributed by atoms with Crippen LogP contribution in [0.1, 0.15) is 79.7 Å². The van der Waals surface area contributed by atoms with Crippen molar-refractivity contribution >= 4 is 11.6 Å². The molecule has 0 saturated heterocycles. The van der Waals surface area contributed by atoms with Crippen molar-refractivity contribution in [3.63, 3.8) is 0 Å². The number of hydrogen-bond acceptors (Lipinski definition) is 7. The Labute approximate surface area is 201 Å². The van der Waals surface area contributed by atoms with Crippen molar-refractivity contribution in [2.45, 2.75) is 81.8 Å². The predicted octanol–water partition coefficient (Wildman–Crippen LogP) is 4.83. The van der Waals surface area contributed by atoms with E-state index in [-0.39, 0.29) is 31.8 Å². The molecule has 2 aromatic heterocycles. The Hall–Kier alpha value is -2.90. The fourth-order valence-corrected chi connectivity index (χ4v) is 4.75. The standard InChI is InChI=1S/C22H25F6N5O3/c23-21(24,25)13-11-14(29)16-17-31-32-19(36-17)20(35,22(26,27)28)9-5-2-6-10-33(18(34)15(13)30-16)12-7-3-1-4-8-12/h11-12,35H,1-10,29H2/t20-/m1/s1. The summed E-state index contributed by atoms with van der Waals surface area (Å²) in [5, 5.41) is 17.2. The second-order valence-corrected chi connectivity index (χ2v) is 9.19. The lowest BCUT2D eigenvalue weighted by Gasteiger charge is -2.35. The van der Waals surface area contributed by atoms with Gasteiger partial charge in [0.2, 0.25) is 5.60 Å². The largest absolute Gasteiger partial charge is 0.426 e. The third kappa shape index (κ3) is 4.87. The smallest absolute Gasteiger partial charge is 0.416 e. The zero-order valence-electron chi connectivity index (χ0n) is 19.1. The van der Waals surface area contributed by atoms with Crippen LogP contribution in [0, 0.1) is 0 Å². The Bertz CT molecular complexity index is 1110. The summed E-state index contributed by atoms with van der Waals surface area (Å²) in [6.45, 7) is 0.0328. The highest BCUT2D eigenvalue weighted by Crippen LogP contribution is 2.44. The number of alkyl halides is 6. The van der Waals surface area contributed by atoms with Crippen molar-refractivity contribution in [3.05, 3.63) is 23.2 Å². The zero-order chi connectivity index (χ0) is 26.3. The van der Waals surface area contributed by atoms with Gasteiger partial charge < -0.3 is 20.2 Å². The van der Waals surface area contributed by atoms with Crippen molar-refractivity contribution in [1.82, 2.24) is 20.1 Å². The van der Waals surface area contributed by atoms with Gasteiger partial charge in [0, 0.05) is 12.6 Å². The van der Waals surface area contributed by atoms with Crippen LogP contribution in [0.15, 0.2) is 10.5 Å². The predicted molar refractivity (Wildman–Crippen MR) is 113 cm³/mol. The fraction of sp³-hybridized carbons (Fsp3) is 0.636. The highest BCUT2D eigenvalue weighted by atomic mass is 19.4. The Morgan fingerprint density at radius 2 is 1.67 bits per heavy atom. The van der Waals surface area contributed by atoms with Crippen LogP contribution in [0.25, 0.3) is 11.6 Å². The summed E-state index contributed by atoms with van der Waals surface area (Å²) in [5.74, 6) is -2.87. The maximum atomic E-state index is 13.9. The van der Waals surface area contributed by atoms with Gasteiger partial charge in [-0.15, -0.1) is 10.2 Å².